The van der Waals surface area contributed by atoms with Crippen LogP contribution in [0.2, 0.25) is 0 Å². The standard InChI is InChI=1S/C22H23FN4O2/c1-29-14-13-24-20-15-19(26-21(27-20)17-5-3-2-4-6-17)22(28)25-12-11-16-7-9-18(23)10-8-16/h2-10,15H,11-14H2,1H3,(H,25,28)(H,24,26,27). The Morgan fingerprint density at radius 1 is 1.03 bits per heavy atom. The molecule has 0 fully saturated rings. The lowest BCUT2D eigenvalue weighted by atomic mass is 10.1. The zero-order valence-electron chi connectivity index (χ0n) is 16.2. The Labute approximate surface area is 169 Å². The Morgan fingerprint density at radius 3 is 2.52 bits per heavy atom. The Bertz CT molecular complexity index is 933. The molecule has 0 spiro atoms. The highest BCUT2D eigenvalue weighted by molar-refractivity contribution is 5.93. The van der Waals surface area contributed by atoms with Crippen molar-refractivity contribution in [2.24, 2.45) is 0 Å². The van der Waals surface area contributed by atoms with E-state index >= 15 is 0 Å². The number of hydrogen-bond acceptors (Lipinski definition) is 5. The van der Waals surface area contributed by atoms with Crippen molar-refractivity contribution in [1.82, 2.24) is 15.3 Å². The van der Waals surface area contributed by atoms with Crippen molar-refractivity contribution >= 4 is 11.7 Å². The van der Waals surface area contributed by atoms with E-state index in [-0.39, 0.29) is 17.4 Å². The quantitative estimate of drug-likeness (QED) is 0.545. The number of halogens is 1. The van der Waals surface area contributed by atoms with E-state index in [4.69, 9.17) is 4.74 Å². The summed E-state index contributed by atoms with van der Waals surface area (Å²) in [5.41, 5.74) is 2.04. The highest BCUT2D eigenvalue weighted by Gasteiger charge is 2.13. The number of nitrogens with one attached hydrogen (secondary N) is 2. The number of nitrogens with zero attached hydrogens (tertiary/aromatic N) is 2. The third-order valence-electron chi connectivity index (χ3n) is 4.22. The number of benzene rings is 2. The van der Waals surface area contributed by atoms with Crippen LogP contribution in [0.25, 0.3) is 11.4 Å². The number of carbonyl (C=O) groups excluding carboxylic acids is 1. The van der Waals surface area contributed by atoms with Gasteiger partial charge in [0.1, 0.15) is 17.3 Å². The molecule has 0 bridgehead atoms. The van der Waals surface area contributed by atoms with Gasteiger partial charge in [-0.1, -0.05) is 42.5 Å². The molecule has 6 nitrogen and oxygen atoms in total. The molecule has 29 heavy (non-hydrogen) atoms. The van der Waals surface area contributed by atoms with Gasteiger partial charge in [-0.3, -0.25) is 4.79 Å². The molecule has 1 amide bonds. The topological polar surface area (TPSA) is 76.1 Å². The van der Waals surface area contributed by atoms with E-state index in [1.54, 1.807) is 25.3 Å². The van der Waals surface area contributed by atoms with Crippen LogP contribution in [0.4, 0.5) is 10.2 Å². The minimum absolute atomic E-state index is 0.276. The number of ether oxygens (including phenoxy) is 1. The van der Waals surface area contributed by atoms with Gasteiger partial charge in [-0.25, -0.2) is 14.4 Å². The second-order valence-corrected chi connectivity index (χ2v) is 6.38. The maximum Gasteiger partial charge on any atom is 0.270 e. The van der Waals surface area contributed by atoms with Crippen LogP contribution in [-0.4, -0.2) is 42.7 Å². The van der Waals surface area contributed by atoms with Gasteiger partial charge in [0.05, 0.1) is 6.61 Å². The number of methoxy groups -OCH3 is 1. The lowest BCUT2D eigenvalue weighted by Gasteiger charge is -2.10. The van der Waals surface area contributed by atoms with Crippen molar-refractivity contribution < 1.29 is 13.9 Å². The molecular weight excluding hydrogens is 371 g/mol. The van der Waals surface area contributed by atoms with Crippen molar-refractivity contribution in [3.8, 4) is 11.4 Å². The van der Waals surface area contributed by atoms with Crippen molar-refractivity contribution in [2.45, 2.75) is 6.42 Å². The largest absolute Gasteiger partial charge is 0.383 e. The average molecular weight is 394 g/mol. The normalized spacial score (nSPS) is 10.6. The number of amides is 1. The summed E-state index contributed by atoms with van der Waals surface area (Å²) >= 11 is 0. The van der Waals surface area contributed by atoms with Crippen molar-refractivity contribution in [1.29, 1.82) is 0 Å². The molecule has 0 unspecified atom stereocenters. The molecule has 0 aliphatic heterocycles. The molecule has 1 heterocycles. The lowest BCUT2D eigenvalue weighted by molar-refractivity contribution is 0.0949. The lowest BCUT2D eigenvalue weighted by Crippen LogP contribution is -2.27. The van der Waals surface area contributed by atoms with E-state index in [1.165, 1.54) is 12.1 Å². The van der Waals surface area contributed by atoms with Crippen LogP contribution in [0.1, 0.15) is 16.1 Å². The Balaban J connectivity index is 1.72. The fraction of sp³-hybridized carbons (Fsp3) is 0.227. The minimum Gasteiger partial charge on any atom is -0.383 e. The van der Waals surface area contributed by atoms with Crippen LogP contribution in [0, 0.1) is 5.82 Å². The summed E-state index contributed by atoms with van der Waals surface area (Å²) in [6.45, 7) is 1.50. The van der Waals surface area contributed by atoms with Gasteiger partial charge in [0.2, 0.25) is 0 Å². The molecule has 3 aromatic rings. The van der Waals surface area contributed by atoms with Crippen LogP contribution < -0.4 is 10.6 Å². The molecule has 0 radical (unpaired) electrons. The summed E-state index contributed by atoms with van der Waals surface area (Å²) in [7, 11) is 1.62. The van der Waals surface area contributed by atoms with Crippen LogP contribution in [0.5, 0.6) is 0 Å². The van der Waals surface area contributed by atoms with Crippen LogP contribution in [0.3, 0.4) is 0 Å². The van der Waals surface area contributed by atoms with Gasteiger partial charge in [-0.2, -0.15) is 0 Å². The zero-order chi connectivity index (χ0) is 20.5. The zero-order valence-corrected chi connectivity index (χ0v) is 16.2. The van der Waals surface area contributed by atoms with Gasteiger partial charge in [-0.15, -0.1) is 0 Å². The number of rotatable bonds is 9. The number of aromatic nitrogens is 2. The third kappa shape index (κ3) is 6.08. The predicted octanol–water partition coefficient (Wildman–Crippen LogP) is 3.31. The summed E-state index contributed by atoms with van der Waals surface area (Å²) in [6.07, 6.45) is 0.599. The van der Waals surface area contributed by atoms with Gasteiger partial charge in [0, 0.05) is 31.8 Å². The Kier molecular flexibility index (Phi) is 7.24. The van der Waals surface area contributed by atoms with E-state index < -0.39 is 0 Å². The smallest absolute Gasteiger partial charge is 0.270 e. The summed E-state index contributed by atoms with van der Waals surface area (Å²) in [5, 5.41) is 6.01. The fourth-order valence-electron chi connectivity index (χ4n) is 2.71. The summed E-state index contributed by atoms with van der Waals surface area (Å²) in [5.74, 6) is 0.457. The molecule has 0 atom stereocenters. The van der Waals surface area contributed by atoms with Crippen LogP contribution >= 0.6 is 0 Å². The summed E-state index contributed by atoms with van der Waals surface area (Å²) in [4.78, 5) is 21.6. The molecule has 0 aliphatic carbocycles. The monoisotopic (exact) mass is 394 g/mol. The predicted molar refractivity (Wildman–Crippen MR) is 110 cm³/mol. The molecule has 0 saturated heterocycles. The molecule has 0 saturated carbocycles. The highest BCUT2D eigenvalue weighted by Crippen LogP contribution is 2.18. The van der Waals surface area contributed by atoms with Crippen LogP contribution in [-0.2, 0) is 11.2 Å². The minimum atomic E-state index is -0.290. The summed E-state index contributed by atoms with van der Waals surface area (Å²) < 4.78 is 18.0. The second-order valence-electron chi connectivity index (χ2n) is 6.38. The molecular formula is C22H23FN4O2. The second kappa shape index (κ2) is 10.3. The molecule has 7 heteroatoms. The summed E-state index contributed by atoms with van der Waals surface area (Å²) in [6, 6.07) is 17.3. The fourth-order valence-corrected chi connectivity index (χ4v) is 2.71. The van der Waals surface area contributed by atoms with Gasteiger partial charge < -0.3 is 15.4 Å². The SMILES string of the molecule is COCCNc1cc(C(=O)NCCc2ccc(F)cc2)nc(-c2ccccc2)n1. The van der Waals surface area contributed by atoms with E-state index in [1.807, 2.05) is 30.3 Å². The maximum absolute atomic E-state index is 13.0. The first-order chi connectivity index (χ1) is 14.2. The number of hydrogen-bond donors (Lipinski definition) is 2. The molecule has 1 aromatic heterocycles. The first-order valence-electron chi connectivity index (χ1n) is 9.35. The van der Waals surface area contributed by atoms with Gasteiger partial charge in [0.15, 0.2) is 5.82 Å². The van der Waals surface area contributed by atoms with Crippen LogP contribution in [0.15, 0.2) is 60.7 Å². The van der Waals surface area contributed by atoms with Gasteiger partial charge >= 0.3 is 0 Å². The maximum atomic E-state index is 13.0. The average Bonchev–Trinajstić information content (AvgIpc) is 2.76. The third-order valence-corrected chi connectivity index (χ3v) is 4.22. The number of anilines is 1. The molecule has 2 N–H and O–H groups in total. The van der Waals surface area contributed by atoms with E-state index in [0.29, 0.717) is 37.8 Å². The molecule has 0 aliphatic rings. The number of carbonyl (C=O) groups is 1. The van der Waals surface area contributed by atoms with Crippen molar-refractivity contribution in [3.63, 3.8) is 0 Å². The molecule has 2 aromatic carbocycles. The first-order valence-corrected chi connectivity index (χ1v) is 9.35. The Morgan fingerprint density at radius 2 is 1.79 bits per heavy atom. The van der Waals surface area contributed by atoms with Gasteiger partial charge in [0.25, 0.3) is 5.91 Å². The van der Waals surface area contributed by atoms with E-state index in [0.717, 1.165) is 11.1 Å². The molecule has 3 rings (SSSR count). The van der Waals surface area contributed by atoms with E-state index in [2.05, 4.69) is 20.6 Å². The van der Waals surface area contributed by atoms with E-state index in [9.17, 15) is 9.18 Å². The van der Waals surface area contributed by atoms with Crippen molar-refractivity contribution in [2.75, 3.05) is 32.1 Å². The van der Waals surface area contributed by atoms with Gasteiger partial charge in [-0.05, 0) is 24.1 Å². The Hall–Kier alpha value is -3.32. The van der Waals surface area contributed by atoms with Crippen molar-refractivity contribution in [3.05, 3.63) is 77.7 Å². The highest BCUT2D eigenvalue weighted by atomic mass is 19.1. The first kappa shape index (κ1) is 20.4. The molecule has 150 valence electrons.